The first kappa shape index (κ1) is 12.9. The monoisotopic (exact) mass is 228 g/mol. The second kappa shape index (κ2) is 5.27. The third-order valence-corrected chi connectivity index (χ3v) is 2.42. The van der Waals surface area contributed by atoms with Crippen LogP contribution in [0.4, 0.5) is 4.39 Å². The molecule has 1 rings (SSSR count). The summed E-state index contributed by atoms with van der Waals surface area (Å²) >= 11 is 0. The van der Waals surface area contributed by atoms with Crippen LogP contribution >= 0.6 is 0 Å². The van der Waals surface area contributed by atoms with Gasteiger partial charge >= 0.3 is 0 Å². The molecule has 0 fully saturated rings. The Hall–Kier alpha value is -1.13. The van der Waals surface area contributed by atoms with E-state index < -0.39 is 24.1 Å². The summed E-state index contributed by atoms with van der Waals surface area (Å²) in [6.07, 6.45) is -1.88. The van der Waals surface area contributed by atoms with Crippen molar-refractivity contribution < 1.29 is 19.3 Å². The van der Waals surface area contributed by atoms with Crippen molar-refractivity contribution in [2.45, 2.75) is 39.1 Å². The number of hydrogen-bond donors (Lipinski definition) is 2. The lowest BCUT2D eigenvalue weighted by Gasteiger charge is -2.17. The fourth-order valence-corrected chi connectivity index (χ4v) is 1.23. The predicted octanol–water partition coefficient (Wildman–Crippen LogP) is 2.03. The Bertz CT molecular complexity index is 350. The van der Waals surface area contributed by atoms with Crippen LogP contribution in [-0.4, -0.2) is 22.4 Å². The van der Waals surface area contributed by atoms with E-state index in [-0.39, 0.29) is 5.56 Å². The van der Waals surface area contributed by atoms with Crippen LogP contribution in [0.5, 0.6) is 5.75 Å². The van der Waals surface area contributed by atoms with Gasteiger partial charge in [0.15, 0.2) is 0 Å². The summed E-state index contributed by atoms with van der Waals surface area (Å²) in [5.41, 5.74) is 0.233. The highest BCUT2D eigenvalue weighted by Crippen LogP contribution is 2.22. The van der Waals surface area contributed by atoms with Gasteiger partial charge in [-0.05, 0) is 32.9 Å². The van der Waals surface area contributed by atoms with Crippen molar-refractivity contribution in [2.75, 3.05) is 0 Å². The van der Waals surface area contributed by atoms with Gasteiger partial charge in [-0.3, -0.25) is 0 Å². The zero-order valence-corrected chi connectivity index (χ0v) is 9.64. The van der Waals surface area contributed by atoms with E-state index >= 15 is 0 Å². The summed E-state index contributed by atoms with van der Waals surface area (Å²) in [5.74, 6) is -0.166. The molecule has 3 nitrogen and oxygen atoms in total. The van der Waals surface area contributed by atoms with E-state index in [0.717, 1.165) is 0 Å². The SMILES string of the molecule is CC(O)C(C)Oc1ccc([C@@H](C)O)c(F)c1. The van der Waals surface area contributed by atoms with E-state index in [4.69, 9.17) is 4.74 Å². The molecule has 16 heavy (non-hydrogen) atoms. The van der Waals surface area contributed by atoms with Crippen LogP contribution in [-0.2, 0) is 0 Å². The molecule has 2 unspecified atom stereocenters. The van der Waals surface area contributed by atoms with Gasteiger partial charge in [0.1, 0.15) is 17.7 Å². The Balaban J connectivity index is 2.81. The van der Waals surface area contributed by atoms with E-state index in [0.29, 0.717) is 5.75 Å². The molecule has 1 aromatic carbocycles. The lowest BCUT2D eigenvalue weighted by atomic mass is 10.1. The van der Waals surface area contributed by atoms with Crippen LogP contribution in [0, 0.1) is 5.82 Å². The molecule has 90 valence electrons. The Labute approximate surface area is 94.5 Å². The third-order valence-electron chi connectivity index (χ3n) is 2.42. The van der Waals surface area contributed by atoms with Crippen LogP contribution in [0.1, 0.15) is 32.4 Å². The second-order valence-corrected chi connectivity index (χ2v) is 3.92. The van der Waals surface area contributed by atoms with Gasteiger partial charge in [-0.15, -0.1) is 0 Å². The molecule has 0 aliphatic carbocycles. The molecule has 0 bridgehead atoms. The maximum Gasteiger partial charge on any atom is 0.132 e. The molecule has 0 spiro atoms. The average molecular weight is 228 g/mol. The summed E-state index contributed by atoms with van der Waals surface area (Å²) < 4.78 is 18.8. The van der Waals surface area contributed by atoms with Gasteiger partial charge in [0, 0.05) is 11.6 Å². The van der Waals surface area contributed by atoms with Crippen molar-refractivity contribution in [3.8, 4) is 5.75 Å². The molecule has 0 aliphatic rings. The molecule has 4 heteroatoms. The van der Waals surface area contributed by atoms with Crippen LogP contribution < -0.4 is 4.74 Å². The third kappa shape index (κ3) is 3.18. The fraction of sp³-hybridized carbons (Fsp3) is 0.500. The minimum Gasteiger partial charge on any atom is -0.488 e. The summed E-state index contributed by atoms with van der Waals surface area (Å²) in [5, 5.41) is 18.5. The number of hydrogen-bond acceptors (Lipinski definition) is 3. The van der Waals surface area contributed by atoms with Gasteiger partial charge < -0.3 is 14.9 Å². The Kier molecular flexibility index (Phi) is 4.26. The fourth-order valence-electron chi connectivity index (χ4n) is 1.23. The maximum atomic E-state index is 13.4. The average Bonchev–Trinajstić information content (AvgIpc) is 2.16. The molecule has 1 aromatic rings. The molecule has 0 heterocycles. The Morgan fingerprint density at radius 2 is 1.81 bits per heavy atom. The number of aliphatic hydroxyl groups excluding tert-OH is 2. The van der Waals surface area contributed by atoms with Gasteiger partial charge in [-0.2, -0.15) is 0 Å². The molecule has 3 atom stereocenters. The Morgan fingerprint density at radius 3 is 2.25 bits per heavy atom. The van der Waals surface area contributed by atoms with Crippen molar-refractivity contribution in [1.82, 2.24) is 0 Å². The number of rotatable bonds is 4. The summed E-state index contributed by atoms with van der Waals surface area (Å²) in [4.78, 5) is 0. The predicted molar refractivity (Wildman–Crippen MR) is 58.8 cm³/mol. The molecule has 0 aliphatic heterocycles. The van der Waals surface area contributed by atoms with E-state index in [9.17, 15) is 14.6 Å². The minimum absolute atomic E-state index is 0.233. The first-order valence-corrected chi connectivity index (χ1v) is 5.24. The zero-order chi connectivity index (χ0) is 12.3. The van der Waals surface area contributed by atoms with Crippen molar-refractivity contribution >= 4 is 0 Å². The number of halogens is 1. The topological polar surface area (TPSA) is 49.7 Å². The quantitative estimate of drug-likeness (QED) is 0.829. The molecular formula is C12H17FO3. The van der Waals surface area contributed by atoms with Gasteiger partial charge in [0.2, 0.25) is 0 Å². The molecule has 0 amide bonds. The minimum atomic E-state index is -0.844. The standard InChI is InChI=1S/C12H17FO3/c1-7(14)9(3)16-10-4-5-11(8(2)15)12(13)6-10/h4-9,14-15H,1-3H3/t7?,8-,9?/m1/s1. The second-order valence-electron chi connectivity index (χ2n) is 3.92. The van der Waals surface area contributed by atoms with Gasteiger partial charge in [0.05, 0.1) is 12.2 Å². The zero-order valence-electron chi connectivity index (χ0n) is 9.64. The number of aliphatic hydroxyl groups is 2. The lowest BCUT2D eigenvalue weighted by molar-refractivity contribution is 0.0601. The first-order valence-electron chi connectivity index (χ1n) is 5.24. The molecule has 0 saturated heterocycles. The molecule has 0 radical (unpaired) electrons. The smallest absolute Gasteiger partial charge is 0.132 e. The molecule has 0 saturated carbocycles. The van der Waals surface area contributed by atoms with Crippen molar-refractivity contribution in [1.29, 1.82) is 0 Å². The highest BCUT2D eigenvalue weighted by molar-refractivity contribution is 5.30. The largest absolute Gasteiger partial charge is 0.488 e. The van der Waals surface area contributed by atoms with Crippen molar-refractivity contribution in [3.05, 3.63) is 29.6 Å². The highest BCUT2D eigenvalue weighted by atomic mass is 19.1. The molecule has 2 N–H and O–H groups in total. The normalized spacial score (nSPS) is 16.6. The molecule has 0 aromatic heterocycles. The van der Waals surface area contributed by atoms with Crippen LogP contribution in [0.15, 0.2) is 18.2 Å². The van der Waals surface area contributed by atoms with Crippen molar-refractivity contribution in [3.63, 3.8) is 0 Å². The van der Waals surface area contributed by atoms with E-state index in [2.05, 4.69) is 0 Å². The van der Waals surface area contributed by atoms with Crippen LogP contribution in [0.2, 0.25) is 0 Å². The number of ether oxygens (including phenoxy) is 1. The van der Waals surface area contributed by atoms with Gasteiger partial charge in [-0.1, -0.05) is 0 Å². The van der Waals surface area contributed by atoms with Crippen LogP contribution in [0.25, 0.3) is 0 Å². The first-order chi connectivity index (χ1) is 7.41. The van der Waals surface area contributed by atoms with E-state index in [1.165, 1.54) is 19.1 Å². The van der Waals surface area contributed by atoms with Gasteiger partial charge in [-0.25, -0.2) is 4.39 Å². The highest BCUT2D eigenvalue weighted by Gasteiger charge is 2.13. The number of benzene rings is 1. The maximum absolute atomic E-state index is 13.4. The van der Waals surface area contributed by atoms with Gasteiger partial charge in [0.25, 0.3) is 0 Å². The summed E-state index contributed by atoms with van der Waals surface area (Å²) in [6, 6.07) is 4.26. The van der Waals surface area contributed by atoms with Crippen LogP contribution in [0.3, 0.4) is 0 Å². The summed E-state index contributed by atoms with van der Waals surface area (Å²) in [7, 11) is 0. The Morgan fingerprint density at radius 1 is 1.19 bits per heavy atom. The van der Waals surface area contributed by atoms with E-state index in [1.54, 1.807) is 19.9 Å². The van der Waals surface area contributed by atoms with E-state index in [1.807, 2.05) is 0 Å². The summed E-state index contributed by atoms with van der Waals surface area (Å²) in [6.45, 7) is 4.80. The van der Waals surface area contributed by atoms with Crippen molar-refractivity contribution in [2.24, 2.45) is 0 Å². The lowest BCUT2D eigenvalue weighted by Crippen LogP contribution is -2.25. The molecular weight excluding hydrogens is 211 g/mol.